The van der Waals surface area contributed by atoms with Gasteiger partial charge in [-0.1, -0.05) is 35.3 Å². The molecule has 0 unspecified atom stereocenters. The van der Waals surface area contributed by atoms with Crippen LogP contribution in [0.25, 0.3) is 0 Å². The maximum absolute atomic E-state index is 6.23. The Morgan fingerprint density at radius 2 is 1.61 bits per heavy atom. The van der Waals surface area contributed by atoms with Gasteiger partial charge >= 0.3 is 0 Å². The summed E-state index contributed by atoms with van der Waals surface area (Å²) in [6, 6.07) is 11.6. The average Bonchev–Trinajstić information content (AvgIpc) is 2.71. The van der Waals surface area contributed by atoms with E-state index in [1.54, 1.807) is 0 Å². The van der Waals surface area contributed by atoms with Crippen molar-refractivity contribution < 1.29 is 0 Å². The molecule has 0 fully saturated rings. The van der Waals surface area contributed by atoms with Crippen molar-refractivity contribution >= 4 is 34.6 Å². The van der Waals surface area contributed by atoms with Gasteiger partial charge in [0.25, 0.3) is 0 Å². The maximum atomic E-state index is 6.23. The lowest BCUT2D eigenvalue weighted by Crippen LogP contribution is -2.15. The molecule has 0 amide bonds. The van der Waals surface area contributed by atoms with E-state index in [1.807, 2.05) is 30.3 Å². The number of nitrogens with zero attached hydrogens (tertiary/aromatic N) is 1. The topological polar surface area (TPSA) is 29.3 Å². The van der Waals surface area contributed by atoms with Gasteiger partial charge in [0.05, 0.1) is 15.7 Å². The van der Waals surface area contributed by atoms with Crippen molar-refractivity contribution in [2.45, 2.75) is 13.1 Å². The lowest BCUT2D eigenvalue weighted by molar-refractivity contribution is 0.881. The molecular formula is C14H12Cl2N2. The van der Waals surface area contributed by atoms with E-state index < -0.39 is 0 Å². The molecule has 2 aromatic rings. The third-order valence-electron chi connectivity index (χ3n) is 3.21. The summed E-state index contributed by atoms with van der Waals surface area (Å²) in [5.74, 6) is 0. The molecule has 0 spiro atoms. The Morgan fingerprint density at radius 3 is 2.33 bits per heavy atom. The first-order valence-electron chi connectivity index (χ1n) is 5.71. The van der Waals surface area contributed by atoms with Gasteiger partial charge < -0.3 is 10.6 Å². The monoisotopic (exact) mass is 278 g/mol. The molecule has 0 bridgehead atoms. The zero-order valence-corrected chi connectivity index (χ0v) is 11.2. The molecular weight excluding hydrogens is 267 g/mol. The predicted molar refractivity (Wildman–Crippen MR) is 77.2 cm³/mol. The van der Waals surface area contributed by atoms with Crippen molar-refractivity contribution in [2.75, 3.05) is 10.6 Å². The van der Waals surface area contributed by atoms with Crippen LogP contribution in [0.1, 0.15) is 11.1 Å². The number of nitrogens with two attached hydrogens (primary N) is 1. The van der Waals surface area contributed by atoms with Gasteiger partial charge in [0.1, 0.15) is 0 Å². The van der Waals surface area contributed by atoms with Crippen molar-refractivity contribution in [1.29, 1.82) is 0 Å². The number of halogens is 2. The third-order valence-corrected chi connectivity index (χ3v) is 3.82. The molecule has 0 aliphatic carbocycles. The molecule has 1 aliphatic rings. The lowest BCUT2D eigenvalue weighted by atomic mass is 10.1. The highest BCUT2D eigenvalue weighted by molar-refractivity contribution is 6.39. The summed E-state index contributed by atoms with van der Waals surface area (Å²) >= 11 is 12.5. The summed E-state index contributed by atoms with van der Waals surface area (Å²) in [5.41, 5.74) is 10.0. The van der Waals surface area contributed by atoms with Gasteiger partial charge in [-0.25, -0.2) is 0 Å². The van der Waals surface area contributed by atoms with Gasteiger partial charge in [0.15, 0.2) is 0 Å². The van der Waals surface area contributed by atoms with E-state index in [-0.39, 0.29) is 0 Å². The highest BCUT2D eigenvalue weighted by atomic mass is 35.5. The molecule has 1 heterocycles. The summed E-state index contributed by atoms with van der Waals surface area (Å²) in [4.78, 5) is 2.18. The van der Waals surface area contributed by atoms with Gasteiger partial charge in [0, 0.05) is 18.8 Å². The van der Waals surface area contributed by atoms with E-state index >= 15 is 0 Å². The molecule has 0 saturated heterocycles. The molecule has 1 aliphatic heterocycles. The zero-order valence-electron chi connectivity index (χ0n) is 9.66. The first-order chi connectivity index (χ1) is 8.65. The molecule has 2 N–H and O–H groups in total. The lowest BCUT2D eigenvalue weighted by Gasteiger charge is -2.20. The van der Waals surface area contributed by atoms with Crippen LogP contribution in [0.4, 0.5) is 11.4 Å². The number of anilines is 2. The van der Waals surface area contributed by atoms with Crippen molar-refractivity contribution in [3.63, 3.8) is 0 Å². The fraction of sp³-hybridized carbons (Fsp3) is 0.143. The fourth-order valence-electron chi connectivity index (χ4n) is 2.36. The Kier molecular flexibility index (Phi) is 2.84. The summed E-state index contributed by atoms with van der Waals surface area (Å²) in [6.45, 7) is 1.61. The molecule has 0 radical (unpaired) electrons. The molecule has 18 heavy (non-hydrogen) atoms. The molecule has 2 nitrogen and oxygen atoms in total. The predicted octanol–water partition coefficient (Wildman–Crippen LogP) is 4.10. The Labute approximate surface area is 116 Å². The van der Waals surface area contributed by atoms with Crippen molar-refractivity contribution in [3.8, 4) is 0 Å². The first kappa shape index (κ1) is 11.7. The number of para-hydroxylation sites is 1. The second-order valence-corrected chi connectivity index (χ2v) is 5.27. The number of benzene rings is 2. The Bertz CT molecular complexity index is 590. The van der Waals surface area contributed by atoms with Gasteiger partial charge in [0.2, 0.25) is 0 Å². The Hall–Kier alpha value is -1.38. The van der Waals surface area contributed by atoms with Crippen LogP contribution in [0, 0.1) is 0 Å². The van der Waals surface area contributed by atoms with Crippen LogP contribution in [0.5, 0.6) is 0 Å². The van der Waals surface area contributed by atoms with Crippen LogP contribution < -0.4 is 10.6 Å². The van der Waals surface area contributed by atoms with Crippen LogP contribution in [0.3, 0.4) is 0 Å². The molecule has 0 atom stereocenters. The van der Waals surface area contributed by atoms with E-state index in [9.17, 15) is 0 Å². The highest BCUT2D eigenvalue weighted by Gasteiger charge is 2.22. The number of hydrogen-bond donors (Lipinski definition) is 1. The quantitative estimate of drug-likeness (QED) is 0.796. The maximum Gasteiger partial charge on any atom is 0.0750 e. The summed E-state index contributed by atoms with van der Waals surface area (Å²) in [5, 5.41) is 1.37. The molecule has 0 aromatic heterocycles. The number of rotatable bonds is 1. The Morgan fingerprint density at radius 1 is 0.944 bits per heavy atom. The third kappa shape index (κ3) is 1.92. The zero-order chi connectivity index (χ0) is 12.7. The largest absolute Gasteiger partial charge is 0.399 e. The Balaban J connectivity index is 1.99. The second kappa shape index (κ2) is 4.38. The van der Waals surface area contributed by atoms with Crippen LogP contribution >= 0.6 is 23.2 Å². The smallest absolute Gasteiger partial charge is 0.0750 e. The van der Waals surface area contributed by atoms with Crippen molar-refractivity contribution in [2.24, 2.45) is 0 Å². The number of nitrogen functional groups attached to an aromatic ring is 1. The highest BCUT2D eigenvalue weighted by Crippen LogP contribution is 2.38. The minimum Gasteiger partial charge on any atom is -0.399 e. The van der Waals surface area contributed by atoms with Crippen molar-refractivity contribution in [3.05, 3.63) is 57.6 Å². The molecule has 0 saturated carbocycles. The van der Waals surface area contributed by atoms with Crippen molar-refractivity contribution in [1.82, 2.24) is 0 Å². The summed E-state index contributed by atoms with van der Waals surface area (Å²) in [7, 11) is 0. The molecule has 2 aromatic carbocycles. The summed E-state index contributed by atoms with van der Waals surface area (Å²) < 4.78 is 0. The minimum absolute atomic E-state index is 0.684. The van der Waals surface area contributed by atoms with E-state index in [4.69, 9.17) is 28.9 Å². The van der Waals surface area contributed by atoms with Crippen LogP contribution in [-0.4, -0.2) is 0 Å². The van der Waals surface area contributed by atoms with E-state index in [0.717, 1.165) is 24.5 Å². The van der Waals surface area contributed by atoms with Crippen LogP contribution in [0.2, 0.25) is 10.0 Å². The standard InChI is InChI=1S/C14H12Cl2N2/c15-12-2-1-3-13(16)14(12)18-7-9-4-5-11(17)6-10(9)8-18/h1-6H,7-8,17H2. The van der Waals surface area contributed by atoms with Gasteiger partial charge in [-0.2, -0.15) is 0 Å². The van der Waals surface area contributed by atoms with Gasteiger partial charge in [-0.3, -0.25) is 0 Å². The summed E-state index contributed by atoms with van der Waals surface area (Å²) in [6.07, 6.45) is 0. The molecule has 3 rings (SSSR count). The minimum atomic E-state index is 0.684. The number of fused-ring (bicyclic) bond motifs is 1. The normalized spacial score (nSPS) is 13.8. The van der Waals surface area contributed by atoms with E-state index in [2.05, 4.69) is 11.0 Å². The average molecular weight is 279 g/mol. The van der Waals surface area contributed by atoms with Crippen LogP contribution in [-0.2, 0) is 13.1 Å². The SMILES string of the molecule is Nc1ccc2c(c1)CN(c1c(Cl)cccc1Cl)C2. The van der Waals surface area contributed by atoms with Gasteiger partial charge in [-0.15, -0.1) is 0 Å². The molecule has 4 heteroatoms. The first-order valence-corrected chi connectivity index (χ1v) is 6.47. The second-order valence-electron chi connectivity index (χ2n) is 4.45. The molecule has 92 valence electrons. The number of hydrogen-bond acceptors (Lipinski definition) is 2. The van der Waals surface area contributed by atoms with E-state index in [0.29, 0.717) is 10.0 Å². The van der Waals surface area contributed by atoms with Crippen LogP contribution in [0.15, 0.2) is 36.4 Å². The van der Waals surface area contributed by atoms with E-state index in [1.165, 1.54) is 11.1 Å². The van der Waals surface area contributed by atoms with Gasteiger partial charge in [-0.05, 0) is 35.4 Å². The fourth-order valence-corrected chi connectivity index (χ4v) is 3.00.